The van der Waals surface area contributed by atoms with E-state index in [9.17, 15) is 9.59 Å². The fourth-order valence-electron chi connectivity index (χ4n) is 4.93. The molecule has 1 fully saturated rings. The highest BCUT2D eigenvalue weighted by atomic mass is 16.5. The maximum absolute atomic E-state index is 13.0. The Kier molecular flexibility index (Phi) is 5.77. The van der Waals surface area contributed by atoms with Crippen LogP contribution in [-0.4, -0.2) is 54.0 Å². The van der Waals surface area contributed by atoms with Gasteiger partial charge in [-0.2, -0.15) is 0 Å². The lowest BCUT2D eigenvalue weighted by molar-refractivity contribution is -0.134. The number of H-pyrrole nitrogens is 1. The van der Waals surface area contributed by atoms with Crippen LogP contribution in [0.4, 0.5) is 0 Å². The first kappa shape index (κ1) is 21.5. The van der Waals surface area contributed by atoms with Gasteiger partial charge in [0.05, 0.1) is 19.1 Å². The van der Waals surface area contributed by atoms with Gasteiger partial charge in [-0.3, -0.25) is 4.79 Å². The Morgan fingerprint density at radius 1 is 1.21 bits per heavy atom. The van der Waals surface area contributed by atoms with Crippen molar-refractivity contribution in [1.82, 2.24) is 9.88 Å². The minimum atomic E-state index is -0.425. The van der Waals surface area contributed by atoms with Crippen molar-refractivity contribution in [3.8, 4) is 5.75 Å². The van der Waals surface area contributed by atoms with Gasteiger partial charge in [0, 0.05) is 55.7 Å². The molecule has 1 saturated heterocycles. The summed E-state index contributed by atoms with van der Waals surface area (Å²) in [7, 11) is 1.34. The number of hydrogen-bond acceptors (Lipinski definition) is 5. The number of Topliss-reactive ketones (excluding diaryl/α,β-unsaturated/α-hetero) is 1. The molecule has 0 saturated carbocycles. The highest BCUT2D eigenvalue weighted by molar-refractivity contribution is 6.01. The summed E-state index contributed by atoms with van der Waals surface area (Å²) in [6, 6.07) is 13.9. The number of nitrogens with one attached hydrogen (secondary N) is 1. The molecule has 0 radical (unpaired) electrons. The molecule has 6 heteroatoms. The van der Waals surface area contributed by atoms with Crippen molar-refractivity contribution in [2.45, 2.75) is 31.3 Å². The Labute approximate surface area is 193 Å². The number of methoxy groups -OCH3 is 1. The number of nitrogens with zero attached hydrogens (tertiary/aromatic N) is 1. The number of aromatic nitrogens is 1. The van der Waals surface area contributed by atoms with Crippen molar-refractivity contribution in [2.75, 3.05) is 26.7 Å². The molecule has 1 N–H and O–H groups in total. The number of carbonyl (C=O) groups is 2. The van der Waals surface area contributed by atoms with Gasteiger partial charge in [0.1, 0.15) is 11.4 Å². The van der Waals surface area contributed by atoms with Crippen LogP contribution in [0, 0.1) is 0 Å². The average Bonchev–Trinajstić information content (AvgIpc) is 3.25. The third kappa shape index (κ3) is 4.44. The number of piperidine rings is 1. The van der Waals surface area contributed by atoms with Gasteiger partial charge >= 0.3 is 5.97 Å². The van der Waals surface area contributed by atoms with E-state index >= 15 is 0 Å². The lowest BCUT2D eigenvalue weighted by Crippen LogP contribution is -2.51. The number of esters is 1. The molecule has 3 heterocycles. The fraction of sp³-hybridized carbons (Fsp3) is 0.333. The molecule has 0 amide bonds. The van der Waals surface area contributed by atoms with Gasteiger partial charge in [-0.1, -0.05) is 24.3 Å². The Morgan fingerprint density at radius 2 is 2.03 bits per heavy atom. The largest absolute Gasteiger partial charge is 0.486 e. The molecule has 0 bridgehead atoms. The van der Waals surface area contributed by atoms with Crippen LogP contribution >= 0.6 is 0 Å². The van der Waals surface area contributed by atoms with Crippen LogP contribution in [-0.2, 0) is 16.0 Å². The molecule has 33 heavy (non-hydrogen) atoms. The fourth-order valence-corrected chi connectivity index (χ4v) is 4.93. The number of carbonyl (C=O) groups excluding carboxylic acids is 2. The first-order chi connectivity index (χ1) is 16.0. The van der Waals surface area contributed by atoms with Crippen LogP contribution in [0.25, 0.3) is 17.0 Å². The average molecular weight is 445 g/mol. The Bertz CT molecular complexity index is 1220. The van der Waals surface area contributed by atoms with E-state index in [1.54, 1.807) is 12.1 Å². The van der Waals surface area contributed by atoms with Gasteiger partial charge in [0.25, 0.3) is 0 Å². The van der Waals surface area contributed by atoms with E-state index in [1.165, 1.54) is 29.7 Å². The van der Waals surface area contributed by atoms with Gasteiger partial charge < -0.3 is 19.4 Å². The first-order valence-electron chi connectivity index (χ1n) is 11.4. The van der Waals surface area contributed by atoms with Gasteiger partial charge in [-0.25, -0.2) is 4.79 Å². The number of aromatic amines is 1. The van der Waals surface area contributed by atoms with Crippen molar-refractivity contribution in [2.24, 2.45) is 0 Å². The Morgan fingerprint density at radius 3 is 2.85 bits per heavy atom. The molecule has 1 spiro atoms. The molecule has 0 unspecified atom stereocenters. The van der Waals surface area contributed by atoms with Gasteiger partial charge in [-0.05, 0) is 41.8 Å². The molecular weight excluding hydrogens is 416 g/mol. The maximum atomic E-state index is 13.0. The molecule has 2 aromatic carbocycles. The van der Waals surface area contributed by atoms with E-state index in [2.05, 4.69) is 45.1 Å². The number of likely N-dealkylation sites (tertiary alicyclic amines) is 1. The van der Waals surface area contributed by atoms with E-state index in [-0.39, 0.29) is 5.78 Å². The second kappa shape index (κ2) is 8.87. The molecular formula is C27H28N2O4. The topological polar surface area (TPSA) is 71.6 Å². The summed E-state index contributed by atoms with van der Waals surface area (Å²) in [6.07, 6.45) is 8.21. The van der Waals surface area contributed by atoms with Crippen molar-refractivity contribution < 1.29 is 19.1 Å². The third-order valence-electron chi connectivity index (χ3n) is 6.87. The van der Waals surface area contributed by atoms with Crippen LogP contribution in [0.5, 0.6) is 5.75 Å². The normalized spacial score (nSPS) is 17.9. The minimum Gasteiger partial charge on any atom is -0.486 e. The number of ketones is 1. The summed E-state index contributed by atoms with van der Waals surface area (Å²) in [6.45, 7) is 2.84. The predicted octanol–water partition coefficient (Wildman–Crippen LogP) is 4.40. The van der Waals surface area contributed by atoms with Crippen molar-refractivity contribution in [3.05, 3.63) is 71.4 Å². The molecule has 170 valence electrons. The van der Waals surface area contributed by atoms with Crippen LogP contribution in [0.1, 0.15) is 40.7 Å². The third-order valence-corrected chi connectivity index (χ3v) is 6.87. The number of rotatable bonds is 5. The SMILES string of the molecule is COC(=O)C=Cc1ccc2c(c1)C(=O)CC1(CCN(CCc3c[nH]c4ccccc34)CC1)O2. The monoisotopic (exact) mass is 444 g/mol. The number of hydrogen-bond donors (Lipinski definition) is 1. The molecule has 1 aromatic heterocycles. The quantitative estimate of drug-likeness (QED) is 0.467. The molecule has 0 aliphatic carbocycles. The molecule has 3 aromatic rings. The molecule has 2 aliphatic rings. The summed E-state index contributed by atoms with van der Waals surface area (Å²) in [4.78, 5) is 30.1. The van der Waals surface area contributed by atoms with Crippen molar-refractivity contribution in [1.29, 1.82) is 0 Å². The minimum absolute atomic E-state index is 0.108. The predicted molar refractivity (Wildman–Crippen MR) is 127 cm³/mol. The summed E-state index contributed by atoms with van der Waals surface area (Å²) in [5.41, 5.74) is 3.49. The van der Waals surface area contributed by atoms with Gasteiger partial charge in [0.15, 0.2) is 5.78 Å². The van der Waals surface area contributed by atoms with Crippen molar-refractivity contribution >= 4 is 28.7 Å². The molecule has 2 aliphatic heterocycles. The highest BCUT2D eigenvalue weighted by Crippen LogP contribution is 2.39. The van der Waals surface area contributed by atoms with Gasteiger partial charge in [0.2, 0.25) is 0 Å². The van der Waals surface area contributed by atoms with Crippen LogP contribution in [0.15, 0.2) is 54.7 Å². The zero-order chi connectivity index (χ0) is 22.8. The standard InChI is InChI=1S/C27H28N2O4/c1-32-26(31)9-7-19-6-8-25-22(16-19)24(30)17-27(33-25)11-14-29(15-12-27)13-10-20-18-28-23-5-3-2-4-21(20)23/h2-9,16,18,28H,10-15,17H2,1H3. The summed E-state index contributed by atoms with van der Waals surface area (Å²) >= 11 is 0. The maximum Gasteiger partial charge on any atom is 0.330 e. The summed E-state index contributed by atoms with van der Waals surface area (Å²) < 4.78 is 11.0. The lowest BCUT2D eigenvalue weighted by atomic mass is 9.82. The van der Waals surface area contributed by atoms with E-state index < -0.39 is 11.6 Å². The van der Waals surface area contributed by atoms with Crippen LogP contribution < -0.4 is 4.74 Å². The molecule has 0 atom stereocenters. The lowest BCUT2D eigenvalue weighted by Gasteiger charge is -2.44. The Hall–Kier alpha value is -3.38. The van der Waals surface area contributed by atoms with Gasteiger partial charge in [-0.15, -0.1) is 0 Å². The van der Waals surface area contributed by atoms with E-state index in [0.717, 1.165) is 44.5 Å². The summed E-state index contributed by atoms with van der Waals surface area (Å²) in [5.74, 6) is 0.330. The Balaban J connectivity index is 1.21. The molecule has 5 rings (SSSR count). The number of para-hydroxylation sites is 1. The second-order valence-electron chi connectivity index (χ2n) is 8.95. The highest BCUT2D eigenvalue weighted by Gasteiger charge is 2.42. The van der Waals surface area contributed by atoms with E-state index in [4.69, 9.17) is 4.74 Å². The van der Waals surface area contributed by atoms with E-state index in [1.807, 2.05) is 12.1 Å². The molecule has 6 nitrogen and oxygen atoms in total. The summed E-state index contributed by atoms with van der Waals surface area (Å²) in [5, 5.41) is 1.30. The van der Waals surface area contributed by atoms with Crippen LogP contribution in [0.3, 0.4) is 0 Å². The zero-order valence-corrected chi connectivity index (χ0v) is 18.8. The van der Waals surface area contributed by atoms with E-state index in [0.29, 0.717) is 17.7 Å². The van der Waals surface area contributed by atoms with Crippen molar-refractivity contribution in [3.63, 3.8) is 0 Å². The smallest absolute Gasteiger partial charge is 0.330 e. The van der Waals surface area contributed by atoms with Crippen LogP contribution in [0.2, 0.25) is 0 Å². The second-order valence-corrected chi connectivity index (χ2v) is 8.95. The number of ether oxygens (including phenoxy) is 2. The first-order valence-corrected chi connectivity index (χ1v) is 11.4. The zero-order valence-electron chi connectivity index (χ0n) is 18.8. The number of benzene rings is 2. The number of fused-ring (bicyclic) bond motifs is 2.